The zero-order chi connectivity index (χ0) is 15.6. The summed E-state index contributed by atoms with van der Waals surface area (Å²) in [6, 6.07) is 5.33. The Balaban J connectivity index is 1.96. The maximum absolute atomic E-state index is 11.0. The van der Waals surface area contributed by atoms with Gasteiger partial charge < -0.3 is 14.8 Å². The topological polar surface area (TPSA) is 73.6 Å². The Hall–Kier alpha value is -1.50. The number of benzene rings is 1. The normalized spacial score (nSPS) is 22.2. The predicted octanol–water partition coefficient (Wildman–Crippen LogP) is 2.71. The second-order valence-corrected chi connectivity index (χ2v) is 5.88. The van der Waals surface area contributed by atoms with Crippen LogP contribution in [0.4, 0.5) is 5.69 Å². The maximum Gasteiger partial charge on any atom is 0.272 e. The molecule has 1 heterocycles. The van der Waals surface area contributed by atoms with E-state index in [9.17, 15) is 10.1 Å². The van der Waals surface area contributed by atoms with E-state index < -0.39 is 5.79 Å². The van der Waals surface area contributed by atoms with Crippen LogP contribution in [0, 0.1) is 17.0 Å². The van der Waals surface area contributed by atoms with Crippen molar-refractivity contribution in [2.75, 3.05) is 13.2 Å². The molecule has 0 amide bonds. The summed E-state index contributed by atoms with van der Waals surface area (Å²) in [5, 5.41) is 14.3. The van der Waals surface area contributed by atoms with Gasteiger partial charge >= 0.3 is 0 Å². The van der Waals surface area contributed by atoms with Gasteiger partial charge in [-0.2, -0.15) is 0 Å². The van der Waals surface area contributed by atoms with Crippen LogP contribution in [0.15, 0.2) is 18.2 Å². The summed E-state index contributed by atoms with van der Waals surface area (Å²) in [4.78, 5) is 10.6. The lowest BCUT2D eigenvalue weighted by molar-refractivity contribution is -0.385. The van der Waals surface area contributed by atoms with Crippen molar-refractivity contribution in [3.63, 3.8) is 0 Å². The number of aryl methyl sites for hydroxylation is 1. The molecule has 116 valence electrons. The highest BCUT2D eigenvalue weighted by Crippen LogP contribution is 2.25. The number of hydrogen-bond acceptors (Lipinski definition) is 5. The number of nitrogens with one attached hydrogen (secondary N) is 1. The lowest BCUT2D eigenvalue weighted by atomic mass is 10.0. The van der Waals surface area contributed by atoms with Crippen LogP contribution in [0.5, 0.6) is 0 Å². The Bertz CT molecular complexity index is 530. The fraction of sp³-hybridized carbons (Fsp3) is 0.600. The average molecular weight is 294 g/mol. The Morgan fingerprint density at radius 3 is 2.81 bits per heavy atom. The Morgan fingerprint density at radius 1 is 1.52 bits per heavy atom. The van der Waals surface area contributed by atoms with Crippen LogP contribution in [0.25, 0.3) is 0 Å². The first-order valence-electron chi connectivity index (χ1n) is 7.08. The van der Waals surface area contributed by atoms with E-state index in [2.05, 4.69) is 5.32 Å². The maximum atomic E-state index is 11.0. The third-order valence-electron chi connectivity index (χ3n) is 3.65. The van der Waals surface area contributed by atoms with Gasteiger partial charge in [-0.25, -0.2) is 0 Å². The smallest absolute Gasteiger partial charge is 0.272 e. The Kier molecular flexibility index (Phi) is 4.61. The third kappa shape index (κ3) is 4.00. The minimum Gasteiger partial charge on any atom is -0.348 e. The van der Waals surface area contributed by atoms with Crippen LogP contribution in [-0.2, 0) is 9.47 Å². The lowest BCUT2D eigenvalue weighted by Gasteiger charge is -2.19. The summed E-state index contributed by atoms with van der Waals surface area (Å²) in [7, 11) is 0. The van der Waals surface area contributed by atoms with Gasteiger partial charge in [0, 0.05) is 24.2 Å². The molecule has 0 aromatic heterocycles. The van der Waals surface area contributed by atoms with Crippen molar-refractivity contribution in [1.29, 1.82) is 0 Å². The number of nitrogens with zero attached hydrogens (tertiary/aromatic N) is 1. The van der Waals surface area contributed by atoms with Crippen molar-refractivity contribution < 1.29 is 14.4 Å². The van der Waals surface area contributed by atoms with Gasteiger partial charge in [0.05, 0.1) is 17.6 Å². The zero-order valence-corrected chi connectivity index (χ0v) is 12.9. The van der Waals surface area contributed by atoms with Crippen molar-refractivity contribution in [2.45, 2.75) is 45.6 Å². The van der Waals surface area contributed by atoms with Gasteiger partial charge in [-0.15, -0.1) is 0 Å². The molecular weight excluding hydrogens is 272 g/mol. The zero-order valence-electron chi connectivity index (χ0n) is 12.9. The molecule has 1 N–H and O–H groups in total. The second kappa shape index (κ2) is 6.09. The molecule has 2 rings (SSSR count). The van der Waals surface area contributed by atoms with Crippen molar-refractivity contribution in [1.82, 2.24) is 5.32 Å². The van der Waals surface area contributed by atoms with Gasteiger partial charge in [0.1, 0.15) is 0 Å². The summed E-state index contributed by atoms with van der Waals surface area (Å²) in [6.07, 6.45) is 0.00267. The molecule has 1 aromatic rings. The monoisotopic (exact) mass is 294 g/mol. The van der Waals surface area contributed by atoms with Crippen LogP contribution in [-0.4, -0.2) is 30.0 Å². The number of nitro benzene ring substituents is 1. The van der Waals surface area contributed by atoms with Crippen LogP contribution in [0.3, 0.4) is 0 Å². The molecule has 2 unspecified atom stereocenters. The third-order valence-corrected chi connectivity index (χ3v) is 3.65. The van der Waals surface area contributed by atoms with Gasteiger partial charge in [0.15, 0.2) is 5.79 Å². The van der Waals surface area contributed by atoms with Crippen molar-refractivity contribution in [3.8, 4) is 0 Å². The second-order valence-electron chi connectivity index (χ2n) is 5.88. The van der Waals surface area contributed by atoms with Crippen molar-refractivity contribution >= 4 is 5.69 Å². The van der Waals surface area contributed by atoms with E-state index in [-0.39, 0.29) is 22.8 Å². The highest BCUT2D eigenvalue weighted by Gasteiger charge is 2.32. The molecule has 0 saturated carbocycles. The summed E-state index contributed by atoms with van der Waals surface area (Å²) in [5.74, 6) is -0.530. The number of ether oxygens (including phenoxy) is 2. The molecular formula is C15H22N2O4. The Labute approximate surface area is 124 Å². The quantitative estimate of drug-likeness (QED) is 0.667. The standard InChI is InChI=1S/C15H22N2O4/c1-10-5-6-12(7-14(10)17(18)19)11(2)16-8-13-9-20-15(3,4)21-13/h5-7,11,13,16H,8-9H2,1-4H3. The summed E-state index contributed by atoms with van der Waals surface area (Å²) < 4.78 is 11.2. The van der Waals surface area contributed by atoms with Gasteiger partial charge in [-0.3, -0.25) is 10.1 Å². The highest BCUT2D eigenvalue weighted by atomic mass is 16.7. The van der Waals surface area contributed by atoms with E-state index in [0.29, 0.717) is 18.7 Å². The van der Waals surface area contributed by atoms with E-state index in [1.807, 2.05) is 26.8 Å². The first-order chi connectivity index (χ1) is 9.78. The molecule has 1 saturated heterocycles. The van der Waals surface area contributed by atoms with E-state index in [0.717, 1.165) is 5.56 Å². The minimum atomic E-state index is -0.530. The molecule has 0 aliphatic carbocycles. The molecule has 2 atom stereocenters. The number of rotatable bonds is 5. The van der Waals surface area contributed by atoms with Crippen LogP contribution < -0.4 is 5.32 Å². The molecule has 6 nitrogen and oxygen atoms in total. The summed E-state index contributed by atoms with van der Waals surface area (Å²) in [6.45, 7) is 8.70. The van der Waals surface area contributed by atoms with Crippen LogP contribution in [0.1, 0.15) is 37.9 Å². The SMILES string of the molecule is Cc1ccc(C(C)NCC2COC(C)(C)O2)cc1[N+](=O)[O-]. The fourth-order valence-electron chi connectivity index (χ4n) is 2.38. The van der Waals surface area contributed by atoms with E-state index in [1.165, 1.54) is 0 Å². The first kappa shape index (κ1) is 15.9. The van der Waals surface area contributed by atoms with Crippen LogP contribution >= 0.6 is 0 Å². The van der Waals surface area contributed by atoms with Gasteiger partial charge in [0.25, 0.3) is 5.69 Å². The highest BCUT2D eigenvalue weighted by molar-refractivity contribution is 5.43. The van der Waals surface area contributed by atoms with E-state index in [1.54, 1.807) is 19.1 Å². The molecule has 1 fully saturated rings. The van der Waals surface area contributed by atoms with E-state index in [4.69, 9.17) is 9.47 Å². The first-order valence-corrected chi connectivity index (χ1v) is 7.08. The minimum absolute atomic E-state index is 0.00267. The Morgan fingerprint density at radius 2 is 2.24 bits per heavy atom. The van der Waals surface area contributed by atoms with Crippen molar-refractivity contribution in [2.24, 2.45) is 0 Å². The number of hydrogen-bond donors (Lipinski definition) is 1. The number of nitro groups is 1. The van der Waals surface area contributed by atoms with E-state index >= 15 is 0 Å². The lowest BCUT2D eigenvalue weighted by Crippen LogP contribution is -2.32. The largest absolute Gasteiger partial charge is 0.348 e. The molecule has 1 aliphatic rings. The summed E-state index contributed by atoms with van der Waals surface area (Å²) in [5.41, 5.74) is 1.72. The van der Waals surface area contributed by atoms with Gasteiger partial charge in [-0.1, -0.05) is 12.1 Å². The van der Waals surface area contributed by atoms with Crippen molar-refractivity contribution in [3.05, 3.63) is 39.4 Å². The van der Waals surface area contributed by atoms with Crippen LogP contribution in [0.2, 0.25) is 0 Å². The predicted molar refractivity (Wildman–Crippen MR) is 79.2 cm³/mol. The molecule has 0 radical (unpaired) electrons. The molecule has 0 spiro atoms. The van der Waals surface area contributed by atoms with Gasteiger partial charge in [0.2, 0.25) is 0 Å². The molecule has 1 aliphatic heterocycles. The molecule has 0 bridgehead atoms. The average Bonchev–Trinajstić information content (AvgIpc) is 2.75. The molecule has 21 heavy (non-hydrogen) atoms. The molecule has 6 heteroatoms. The van der Waals surface area contributed by atoms with Gasteiger partial charge in [-0.05, 0) is 33.3 Å². The summed E-state index contributed by atoms with van der Waals surface area (Å²) >= 11 is 0. The fourth-order valence-corrected chi connectivity index (χ4v) is 2.38. The molecule has 1 aromatic carbocycles.